The number of hydrogen-bond donors (Lipinski definition) is 1. The molecule has 0 aromatic rings. The summed E-state index contributed by atoms with van der Waals surface area (Å²) in [5.74, 6) is 0.177. The van der Waals surface area contributed by atoms with Gasteiger partial charge in [0.15, 0.2) is 0 Å². The Bertz CT molecular complexity index is 276. The Morgan fingerprint density at radius 1 is 1.06 bits per heavy atom. The molecule has 0 saturated carbocycles. The van der Waals surface area contributed by atoms with Crippen molar-refractivity contribution >= 4 is 12.0 Å². The smallest absolute Gasteiger partial charge is 0.409 e. The molecule has 0 aliphatic carbocycles. The van der Waals surface area contributed by atoms with E-state index in [4.69, 9.17) is 5.73 Å². The quantitative estimate of drug-likeness (QED) is 0.724. The van der Waals surface area contributed by atoms with E-state index in [1.165, 1.54) is 7.11 Å². The molecule has 6 heteroatoms. The van der Waals surface area contributed by atoms with Crippen LogP contribution in [0, 0.1) is 0 Å². The van der Waals surface area contributed by atoms with E-state index in [1.54, 1.807) is 4.90 Å². The molecule has 1 aliphatic heterocycles. The molecule has 0 aromatic carbocycles. The van der Waals surface area contributed by atoms with E-state index in [0.29, 0.717) is 39.1 Å². The fraction of sp³-hybridized carbons (Fsp3) is 0.833. The average Bonchev–Trinajstić information content (AvgIpc) is 2.42. The summed E-state index contributed by atoms with van der Waals surface area (Å²) in [5.41, 5.74) is 5.40. The Hall–Kier alpha value is -1.30. The number of piperazine rings is 1. The highest BCUT2D eigenvalue weighted by molar-refractivity contribution is 5.76. The van der Waals surface area contributed by atoms with Crippen molar-refractivity contribution in [2.75, 3.05) is 39.8 Å². The predicted octanol–water partition coefficient (Wildman–Crippen LogP) is 0.416. The summed E-state index contributed by atoms with van der Waals surface area (Å²) in [7, 11) is 1.37. The monoisotopic (exact) mass is 257 g/mol. The molecule has 1 fully saturated rings. The minimum atomic E-state index is -0.315. The fourth-order valence-corrected chi connectivity index (χ4v) is 2.02. The lowest BCUT2D eigenvalue weighted by molar-refractivity contribution is -0.132. The van der Waals surface area contributed by atoms with Gasteiger partial charge in [-0.3, -0.25) is 4.79 Å². The van der Waals surface area contributed by atoms with Gasteiger partial charge in [-0.2, -0.15) is 0 Å². The number of ether oxygens (including phenoxy) is 1. The standard InChI is InChI=1S/C12H23N3O3/c1-18-12(17)15-9-7-14(8-10-15)11(16)5-3-2-4-6-13/h2-10,13H2,1H3. The number of nitrogens with two attached hydrogens (primary N) is 1. The van der Waals surface area contributed by atoms with Crippen molar-refractivity contribution in [1.29, 1.82) is 0 Å². The molecule has 0 radical (unpaired) electrons. The summed E-state index contributed by atoms with van der Waals surface area (Å²) < 4.78 is 4.65. The van der Waals surface area contributed by atoms with Crippen molar-refractivity contribution in [2.45, 2.75) is 25.7 Å². The maximum Gasteiger partial charge on any atom is 0.409 e. The third-order valence-corrected chi connectivity index (χ3v) is 3.16. The van der Waals surface area contributed by atoms with Gasteiger partial charge in [0.05, 0.1) is 7.11 Å². The highest BCUT2D eigenvalue weighted by Crippen LogP contribution is 2.08. The molecular weight excluding hydrogens is 234 g/mol. The molecule has 0 unspecified atom stereocenters. The SMILES string of the molecule is COC(=O)N1CCN(C(=O)CCCCCN)CC1. The minimum absolute atomic E-state index is 0.177. The van der Waals surface area contributed by atoms with Crippen LogP contribution >= 0.6 is 0 Å². The van der Waals surface area contributed by atoms with Crippen LogP contribution in [0.2, 0.25) is 0 Å². The van der Waals surface area contributed by atoms with Gasteiger partial charge in [-0.1, -0.05) is 6.42 Å². The van der Waals surface area contributed by atoms with Crippen molar-refractivity contribution in [3.05, 3.63) is 0 Å². The summed E-state index contributed by atoms with van der Waals surface area (Å²) in [6.07, 6.45) is 3.14. The van der Waals surface area contributed by atoms with Crippen LogP contribution in [0.1, 0.15) is 25.7 Å². The zero-order valence-electron chi connectivity index (χ0n) is 11.1. The van der Waals surface area contributed by atoms with Crippen LogP contribution in [0.3, 0.4) is 0 Å². The van der Waals surface area contributed by atoms with Gasteiger partial charge in [0, 0.05) is 32.6 Å². The first-order valence-corrected chi connectivity index (χ1v) is 6.49. The van der Waals surface area contributed by atoms with Crippen molar-refractivity contribution in [3.63, 3.8) is 0 Å². The minimum Gasteiger partial charge on any atom is -0.453 e. The molecule has 1 rings (SSSR count). The van der Waals surface area contributed by atoms with E-state index in [2.05, 4.69) is 4.74 Å². The Labute approximate surface area is 108 Å². The maximum absolute atomic E-state index is 11.9. The molecule has 1 aliphatic rings. The van der Waals surface area contributed by atoms with Gasteiger partial charge in [-0.05, 0) is 19.4 Å². The second kappa shape index (κ2) is 7.92. The number of carbonyl (C=O) groups is 2. The number of unbranched alkanes of at least 4 members (excludes halogenated alkanes) is 2. The molecule has 104 valence electrons. The van der Waals surface area contributed by atoms with Gasteiger partial charge in [0.1, 0.15) is 0 Å². The predicted molar refractivity (Wildman–Crippen MR) is 68.1 cm³/mol. The summed E-state index contributed by atoms with van der Waals surface area (Å²) in [6.45, 7) is 3.00. The number of methoxy groups -OCH3 is 1. The summed E-state index contributed by atoms with van der Waals surface area (Å²) in [5, 5.41) is 0. The summed E-state index contributed by atoms with van der Waals surface area (Å²) in [4.78, 5) is 26.6. The lowest BCUT2D eigenvalue weighted by Gasteiger charge is -2.33. The molecule has 0 bridgehead atoms. The highest BCUT2D eigenvalue weighted by Gasteiger charge is 2.23. The number of nitrogens with zero attached hydrogens (tertiary/aromatic N) is 2. The summed E-state index contributed by atoms with van der Waals surface area (Å²) in [6, 6.07) is 0. The average molecular weight is 257 g/mol. The second-order valence-electron chi connectivity index (χ2n) is 4.44. The van der Waals surface area contributed by atoms with Crippen molar-refractivity contribution in [1.82, 2.24) is 9.80 Å². The van der Waals surface area contributed by atoms with E-state index in [-0.39, 0.29) is 12.0 Å². The first-order chi connectivity index (χ1) is 8.69. The van der Waals surface area contributed by atoms with Gasteiger partial charge in [-0.15, -0.1) is 0 Å². The first kappa shape index (κ1) is 14.8. The molecule has 1 saturated heterocycles. The van der Waals surface area contributed by atoms with Gasteiger partial charge >= 0.3 is 6.09 Å². The molecule has 6 nitrogen and oxygen atoms in total. The van der Waals surface area contributed by atoms with Crippen molar-refractivity contribution in [3.8, 4) is 0 Å². The van der Waals surface area contributed by atoms with E-state index in [1.807, 2.05) is 4.90 Å². The zero-order valence-corrected chi connectivity index (χ0v) is 11.1. The molecule has 2 N–H and O–H groups in total. The Balaban J connectivity index is 2.21. The van der Waals surface area contributed by atoms with E-state index in [0.717, 1.165) is 19.3 Å². The molecular formula is C12H23N3O3. The molecule has 0 spiro atoms. The molecule has 18 heavy (non-hydrogen) atoms. The first-order valence-electron chi connectivity index (χ1n) is 6.49. The van der Waals surface area contributed by atoms with Gasteiger partial charge < -0.3 is 20.3 Å². The van der Waals surface area contributed by atoms with E-state index >= 15 is 0 Å². The van der Waals surface area contributed by atoms with Crippen LogP contribution in [0.25, 0.3) is 0 Å². The number of amides is 2. The number of hydrogen-bond acceptors (Lipinski definition) is 4. The Kier molecular flexibility index (Phi) is 6.49. The fourth-order valence-electron chi connectivity index (χ4n) is 2.02. The third-order valence-electron chi connectivity index (χ3n) is 3.16. The van der Waals surface area contributed by atoms with Gasteiger partial charge in [0.2, 0.25) is 5.91 Å². The highest BCUT2D eigenvalue weighted by atomic mass is 16.5. The van der Waals surface area contributed by atoms with Crippen LogP contribution < -0.4 is 5.73 Å². The van der Waals surface area contributed by atoms with Gasteiger partial charge in [0.25, 0.3) is 0 Å². The lowest BCUT2D eigenvalue weighted by Crippen LogP contribution is -2.50. The Morgan fingerprint density at radius 2 is 1.67 bits per heavy atom. The molecule has 0 aromatic heterocycles. The lowest BCUT2D eigenvalue weighted by atomic mass is 10.1. The largest absolute Gasteiger partial charge is 0.453 e. The van der Waals surface area contributed by atoms with Crippen LogP contribution in [0.4, 0.5) is 4.79 Å². The van der Waals surface area contributed by atoms with Crippen molar-refractivity contribution < 1.29 is 14.3 Å². The number of rotatable bonds is 5. The molecule has 1 heterocycles. The zero-order chi connectivity index (χ0) is 13.4. The van der Waals surface area contributed by atoms with Crippen LogP contribution in [0.5, 0.6) is 0 Å². The summed E-state index contributed by atoms with van der Waals surface area (Å²) >= 11 is 0. The topological polar surface area (TPSA) is 75.9 Å². The normalized spacial score (nSPS) is 15.7. The van der Waals surface area contributed by atoms with E-state index < -0.39 is 0 Å². The molecule has 0 atom stereocenters. The van der Waals surface area contributed by atoms with Crippen molar-refractivity contribution in [2.24, 2.45) is 5.73 Å². The van der Waals surface area contributed by atoms with Crippen LogP contribution in [-0.4, -0.2) is 61.6 Å². The second-order valence-corrected chi connectivity index (χ2v) is 4.44. The Morgan fingerprint density at radius 3 is 2.22 bits per heavy atom. The third kappa shape index (κ3) is 4.52. The molecule has 2 amide bonds. The maximum atomic E-state index is 11.9. The van der Waals surface area contributed by atoms with E-state index in [9.17, 15) is 9.59 Å². The van der Waals surface area contributed by atoms with Gasteiger partial charge in [-0.25, -0.2) is 4.79 Å². The van der Waals surface area contributed by atoms with Crippen LogP contribution in [0.15, 0.2) is 0 Å². The van der Waals surface area contributed by atoms with Crippen LogP contribution in [-0.2, 0) is 9.53 Å². The number of carbonyl (C=O) groups excluding carboxylic acids is 2.